The van der Waals surface area contributed by atoms with Gasteiger partial charge in [0.2, 0.25) is 6.10 Å². The maximum absolute atomic E-state index is 12.8. The first-order valence-electron chi connectivity index (χ1n) is 8.90. The molecule has 26 heavy (non-hydrogen) atoms. The molecule has 0 bridgehead atoms. The normalized spacial score (nSPS) is 22.7. The predicted molar refractivity (Wildman–Crippen MR) is 97.7 cm³/mol. The van der Waals surface area contributed by atoms with E-state index >= 15 is 0 Å². The zero-order chi connectivity index (χ0) is 18.3. The van der Waals surface area contributed by atoms with Gasteiger partial charge in [0.25, 0.3) is 5.91 Å². The summed E-state index contributed by atoms with van der Waals surface area (Å²) in [5.41, 5.74) is 1.80. The molecule has 0 aliphatic carbocycles. The van der Waals surface area contributed by atoms with Gasteiger partial charge in [-0.25, -0.2) is 0 Å². The minimum Gasteiger partial charge on any atom is -0.487 e. The van der Waals surface area contributed by atoms with Gasteiger partial charge in [0.05, 0.1) is 6.04 Å². The quantitative estimate of drug-likeness (QED) is 0.897. The molecule has 1 N–H and O–H groups in total. The second-order valence-electron chi connectivity index (χ2n) is 7.53. The Labute approximate surface area is 153 Å². The molecule has 4 rings (SSSR count). The Bertz CT molecular complexity index is 846. The Morgan fingerprint density at radius 3 is 2.69 bits per heavy atom. The van der Waals surface area contributed by atoms with E-state index in [2.05, 4.69) is 11.4 Å². The molecule has 0 spiro atoms. The molecule has 1 amide bonds. The van der Waals surface area contributed by atoms with Crippen molar-refractivity contribution in [2.24, 2.45) is 0 Å². The highest BCUT2D eigenvalue weighted by Crippen LogP contribution is 2.40. The van der Waals surface area contributed by atoms with Crippen molar-refractivity contribution in [3.05, 3.63) is 53.6 Å². The maximum atomic E-state index is 12.8. The van der Waals surface area contributed by atoms with E-state index < -0.39 is 6.10 Å². The highest BCUT2D eigenvalue weighted by atomic mass is 16.6. The second kappa shape index (κ2) is 6.24. The Morgan fingerprint density at radius 2 is 1.88 bits per heavy atom. The number of carbonyl (C=O) groups excluding carboxylic acids is 1. The van der Waals surface area contributed by atoms with Crippen molar-refractivity contribution in [2.45, 2.75) is 44.9 Å². The minimum absolute atomic E-state index is 0.123. The van der Waals surface area contributed by atoms with Crippen molar-refractivity contribution in [3.63, 3.8) is 0 Å². The van der Waals surface area contributed by atoms with Crippen LogP contribution in [0.3, 0.4) is 0 Å². The van der Waals surface area contributed by atoms with Gasteiger partial charge in [-0.05, 0) is 39.0 Å². The lowest BCUT2D eigenvalue weighted by molar-refractivity contribution is -0.131. The van der Waals surface area contributed by atoms with Gasteiger partial charge in [0.15, 0.2) is 11.5 Å². The van der Waals surface area contributed by atoms with E-state index in [1.165, 1.54) is 0 Å². The van der Waals surface area contributed by atoms with Crippen molar-refractivity contribution in [3.8, 4) is 17.2 Å². The van der Waals surface area contributed by atoms with Gasteiger partial charge >= 0.3 is 0 Å². The van der Waals surface area contributed by atoms with Crippen LogP contribution >= 0.6 is 0 Å². The van der Waals surface area contributed by atoms with Crippen molar-refractivity contribution in [1.82, 2.24) is 5.32 Å². The number of hydrogen-bond acceptors (Lipinski definition) is 4. The van der Waals surface area contributed by atoms with Crippen LogP contribution in [0.15, 0.2) is 42.5 Å². The molecule has 2 heterocycles. The van der Waals surface area contributed by atoms with E-state index in [0.29, 0.717) is 17.9 Å². The van der Waals surface area contributed by atoms with E-state index in [0.717, 1.165) is 16.9 Å². The van der Waals surface area contributed by atoms with Crippen LogP contribution in [0.4, 0.5) is 0 Å². The molecule has 0 radical (unpaired) electrons. The largest absolute Gasteiger partial charge is 0.487 e. The fourth-order valence-electron chi connectivity index (χ4n) is 3.52. The van der Waals surface area contributed by atoms with Gasteiger partial charge in [0, 0.05) is 12.0 Å². The molecular formula is C21H23NO4. The van der Waals surface area contributed by atoms with Gasteiger partial charge in [-0.1, -0.05) is 29.8 Å². The predicted octanol–water partition coefficient (Wildman–Crippen LogP) is 3.55. The summed E-state index contributed by atoms with van der Waals surface area (Å²) in [5.74, 6) is 1.92. The number of benzene rings is 2. The van der Waals surface area contributed by atoms with E-state index in [-0.39, 0.29) is 24.2 Å². The third kappa shape index (κ3) is 3.21. The minimum atomic E-state index is -0.663. The van der Waals surface area contributed by atoms with Crippen LogP contribution in [-0.4, -0.2) is 24.2 Å². The smallest absolute Gasteiger partial charge is 0.265 e. The Morgan fingerprint density at radius 1 is 1.12 bits per heavy atom. The lowest BCUT2D eigenvalue weighted by Gasteiger charge is -2.38. The molecule has 0 unspecified atom stereocenters. The molecule has 0 saturated carbocycles. The van der Waals surface area contributed by atoms with E-state index in [9.17, 15) is 4.79 Å². The van der Waals surface area contributed by atoms with Crippen molar-refractivity contribution < 1.29 is 19.0 Å². The lowest BCUT2D eigenvalue weighted by atomic mass is 9.89. The maximum Gasteiger partial charge on any atom is 0.265 e. The topological polar surface area (TPSA) is 56.8 Å². The lowest BCUT2D eigenvalue weighted by Crippen LogP contribution is -2.48. The van der Waals surface area contributed by atoms with Crippen LogP contribution in [-0.2, 0) is 4.79 Å². The van der Waals surface area contributed by atoms with Gasteiger partial charge in [0.1, 0.15) is 18.0 Å². The molecule has 0 saturated heterocycles. The first-order valence-corrected chi connectivity index (χ1v) is 8.90. The van der Waals surface area contributed by atoms with Gasteiger partial charge in [-0.15, -0.1) is 0 Å². The summed E-state index contributed by atoms with van der Waals surface area (Å²) in [6, 6.07) is 13.3. The first-order chi connectivity index (χ1) is 12.4. The third-order valence-electron chi connectivity index (χ3n) is 4.74. The molecule has 5 heteroatoms. The number of ether oxygens (including phenoxy) is 3. The summed E-state index contributed by atoms with van der Waals surface area (Å²) in [6.45, 7) is 6.31. The summed E-state index contributed by atoms with van der Waals surface area (Å²) < 4.78 is 17.6. The summed E-state index contributed by atoms with van der Waals surface area (Å²) in [5, 5.41) is 3.13. The van der Waals surface area contributed by atoms with Gasteiger partial charge in [-0.2, -0.15) is 0 Å². The molecule has 2 aliphatic heterocycles. The Hall–Kier alpha value is -2.69. The average molecular weight is 353 g/mol. The van der Waals surface area contributed by atoms with Gasteiger partial charge in [-0.3, -0.25) is 4.79 Å². The molecule has 2 aliphatic rings. The summed E-state index contributed by atoms with van der Waals surface area (Å²) in [6.07, 6.45) is 0.0310. The fraction of sp³-hybridized carbons (Fsp3) is 0.381. The number of fused-ring (bicyclic) bond motifs is 2. The first kappa shape index (κ1) is 16.8. The molecule has 136 valence electrons. The van der Waals surface area contributed by atoms with E-state index in [1.807, 2.05) is 57.2 Å². The van der Waals surface area contributed by atoms with Crippen LogP contribution in [0, 0.1) is 6.92 Å². The average Bonchev–Trinajstić information content (AvgIpc) is 2.61. The second-order valence-corrected chi connectivity index (χ2v) is 7.53. The SMILES string of the molecule is Cc1ccc2c(c1)[C@H](NC(=O)[C@H]1COc3ccccc3O1)CC(C)(C)O2. The molecule has 5 nitrogen and oxygen atoms in total. The third-order valence-corrected chi connectivity index (χ3v) is 4.74. The zero-order valence-corrected chi connectivity index (χ0v) is 15.2. The fourth-order valence-corrected chi connectivity index (χ4v) is 3.52. The standard InChI is InChI=1S/C21H23NO4/c1-13-8-9-16-14(10-13)15(11-21(2,3)26-16)22-20(23)19-12-24-17-6-4-5-7-18(17)25-19/h4-10,15,19H,11-12H2,1-3H3,(H,22,23)/t15-,19-/m1/s1. The molecule has 0 fully saturated rings. The Kier molecular flexibility index (Phi) is 4.02. The summed E-state index contributed by atoms with van der Waals surface area (Å²) in [7, 11) is 0. The molecule has 0 aromatic heterocycles. The highest BCUT2D eigenvalue weighted by molar-refractivity contribution is 5.82. The number of carbonyl (C=O) groups is 1. The van der Waals surface area contributed by atoms with Crippen LogP contribution in [0.2, 0.25) is 0 Å². The number of rotatable bonds is 2. The molecule has 2 aromatic carbocycles. The number of aryl methyl sites for hydroxylation is 1. The number of hydrogen-bond donors (Lipinski definition) is 1. The number of para-hydroxylation sites is 2. The van der Waals surface area contributed by atoms with Crippen LogP contribution in [0.25, 0.3) is 0 Å². The van der Waals surface area contributed by atoms with E-state index in [1.54, 1.807) is 0 Å². The highest BCUT2D eigenvalue weighted by Gasteiger charge is 2.36. The van der Waals surface area contributed by atoms with E-state index in [4.69, 9.17) is 14.2 Å². The van der Waals surface area contributed by atoms with Gasteiger partial charge < -0.3 is 19.5 Å². The molecular weight excluding hydrogens is 330 g/mol. The number of amides is 1. The molecule has 2 aromatic rings. The van der Waals surface area contributed by atoms with Crippen LogP contribution < -0.4 is 19.5 Å². The monoisotopic (exact) mass is 353 g/mol. The number of nitrogens with one attached hydrogen (secondary N) is 1. The van der Waals surface area contributed by atoms with Crippen molar-refractivity contribution >= 4 is 5.91 Å². The Balaban J connectivity index is 1.54. The summed E-state index contributed by atoms with van der Waals surface area (Å²) >= 11 is 0. The van der Waals surface area contributed by atoms with Crippen molar-refractivity contribution in [1.29, 1.82) is 0 Å². The summed E-state index contributed by atoms with van der Waals surface area (Å²) in [4.78, 5) is 12.8. The molecule has 2 atom stereocenters. The zero-order valence-electron chi connectivity index (χ0n) is 15.2. The van der Waals surface area contributed by atoms with Crippen LogP contribution in [0.1, 0.15) is 37.4 Å². The van der Waals surface area contributed by atoms with Crippen molar-refractivity contribution in [2.75, 3.05) is 6.61 Å². The van der Waals surface area contributed by atoms with Crippen LogP contribution in [0.5, 0.6) is 17.2 Å².